The van der Waals surface area contributed by atoms with Crippen molar-refractivity contribution in [3.63, 3.8) is 0 Å². The van der Waals surface area contributed by atoms with Crippen molar-refractivity contribution >= 4 is 17.7 Å². The molecule has 0 saturated heterocycles. The Morgan fingerprint density at radius 3 is 1.88 bits per heavy atom. The van der Waals surface area contributed by atoms with Crippen LogP contribution in [0.5, 0.6) is 0 Å². The van der Waals surface area contributed by atoms with Crippen LogP contribution in [0.1, 0.15) is 17.2 Å². The van der Waals surface area contributed by atoms with Crippen LogP contribution in [0, 0.1) is 5.82 Å². The van der Waals surface area contributed by atoms with E-state index in [1.165, 1.54) is 23.9 Å². The second-order valence-corrected chi connectivity index (χ2v) is 7.02. The van der Waals surface area contributed by atoms with Crippen molar-refractivity contribution in [2.45, 2.75) is 10.9 Å². The maximum absolute atomic E-state index is 13.0. The Bertz CT molecular complexity index is 798. The van der Waals surface area contributed by atoms with Gasteiger partial charge in [0.2, 0.25) is 5.91 Å². The highest BCUT2D eigenvalue weighted by molar-refractivity contribution is 8.00. The van der Waals surface area contributed by atoms with Crippen LogP contribution in [0.2, 0.25) is 0 Å². The number of rotatable bonds is 6. The molecule has 0 aliphatic rings. The normalized spacial score (nSPS) is 10.7. The molecule has 3 aromatic carbocycles. The molecule has 0 fully saturated rings. The van der Waals surface area contributed by atoms with Gasteiger partial charge in [-0.3, -0.25) is 4.79 Å². The summed E-state index contributed by atoms with van der Waals surface area (Å²) >= 11 is 1.42. The maximum atomic E-state index is 13.0. The number of amides is 1. The molecule has 0 radical (unpaired) electrons. The average Bonchev–Trinajstić information content (AvgIpc) is 2.69. The zero-order valence-corrected chi connectivity index (χ0v) is 15.3. The van der Waals surface area contributed by atoms with Gasteiger partial charge in [-0.15, -0.1) is 11.8 Å². The number of hydrogen-bond acceptors (Lipinski definition) is 2. The van der Waals surface area contributed by atoms with Crippen LogP contribution in [-0.2, 0) is 4.79 Å². The van der Waals surface area contributed by atoms with Crippen LogP contribution in [-0.4, -0.2) is 23.6 Å². The quantitative estimate of drug-likeness (QED) is 0.562. The average molecular weight is 365 g/mol. The molecule has 3 rings (SSSR count). The fourth-order valence-corrected chi connectivity index (χ4v) is 3.65. The Balaban J connectivity index is 1.77. The first-order valence-electron chi connectivity index (χ1n) is 8.39. The number of carbonyl (C=O) groups is 1. The van der Waals surface area contributed by atoms with E-state index in [1.54, 1.807) is 17.0 Å². The molecule has 0 aliphatic heterocycles. The van der Waals surface area contributed by atoms with Crippen molar-refractivity contribution in [2.24, 2.45) is 0 Å². The summed E-state index contributed by atoms with van der Waals surface area (Å²) < 4.78 is 13.0. The Hall–Kier alpha value is -2.59. The number of nitrogens with zero attached hydrogens (tertiary/aromatic N) is 1. The SMILES string of the molecule is CN(C(=O)CSc1ccc(F)cc1)C(c1ccccc1)c1ccccc1. The molecule has 0 aromatic heterocycles. The zero-order chi connectivity index (χ0) is 18.4. The fraction of sp³-hybridized carbons (Fsp3) is 0.136. The minimum absolute atomic E-state index is 0.0250. The molecule has 0 spiro atoms. The summed E-state index contributed by atoms with van der Waals surface area (Å²) in [6, 6.07) is 26.1. The van der Waals surface area contributed by atoms with Gasteiger partial charge in [-0.05, 0) is 35.4 Å². The summed E-state index contributed by atoms with van der Waals surface area (Å²) in [4.78, 5) is 15.5. The minimum atomic E-state index is -0.272. The summed E-state index contributed by atoms with van der Waals surface area (Å²) in [6.07, 6.45) is 0. The molecule has 2 nitrogen and oxygen atoms in total. The second kappa shape index (κ2) is 8.68. The lowest BCUT2D eigenvalue weighted by atomic mass is 9.97. The van der Waals surface area contributed by atoms with Crippen LogP contribution >= 0.6 is 11.8 Å². The van der Waals surface area contributed by atoms with Crippen molar-refractivity contribution in [3.8, 4) is 0 Å². The van der Waals surface area contributed by atoms with E-state index in [4.69, 9.17) is 0 Å². The predicted octanol–water partition coefficient (Wildman–Crippen LogP) is 5.17. The van der Waals surface area contributed by atoms with E-state index in [1.807, 2.05) is 67.7 Å². The van der Waals surface area contributed by atoms with Crippen LogP contribution < -0.4 is 0 Å². The van der Waals surface area contributed by atoms with Gasteiger partial charge in [-0.2, -0.15) is 0 Å². The van der Waals surface area contributed by atoms with Gasteiger partial charge < -0.3 is 4.90 Å². The van der Waals surface area contributed by atoms with E-state index in [0.717, 1.165) is 16.0 Å². The van der Waals surface area contributed by atoms with Crippen LogP contribution in [0.25, 0.3) is 0 Å². The Morgan fingerprint density at radius 1 is 0.885 bits per heavy atom. The third-order valence-corrected chi connectivity index (χ3v) is 5.18. The third kappa shape index (κ3) is 4.52. The number of benzene rings is 3. The number of hydrogen-bond donors (Lipinski definition) is 0. The van der Waals surface area contributed by atoms with Crippen molar-refractivity contribution < 1.29 is 9.18 Å². The smallest absolute Gasteiger partial charge is 0.233 e. The number of thioether (sulfide) groups is 1. The fourth-order valence-electron chi connectivity index (χ4n) is 2.83. The molecule has 0 unspecified atom stereocenters. The highest BCUT2D eigenvalue weighted by atomic mass is 32.2. The summed E-state index contributed by atoms with van der Waals surface area (Å²) in [5.74, 6) is 0.0567. The third-order valence-electron chi connectivity index (χ3n) is 4.19. The number of halogens is 1. The lowest BCUT2D eigenvalue weighted by Gasteiger charge is -2.29. The van der Waals surface area contributed by atoms with Crippen LogP contribution in [0.15, 0.2) is 89.8 Å². The van der Waals surface area contributed by atoms with Crippen molar-refractivity contribution in [2.75, 3.05) is 12.8 Å². The zero-order valence-electron chi connectivity index (χ0n) is 14.5. The summed E-state index contributed by atoms with van der Waals surface area (Å²) in [5, 5.41) is 0. The van der Waals surface area contributed by atoms with Crippen molar-refractivity contribution in [1.29, 1.82) is 0 Å². The Labute approximate surface area is 157 Å². The lowest BCUT2D eigenvalue weighted by Crippen LogP contribution is -2.33. The Morgan fingerprint density at radius 2 is 1.38 bits per heavy atom. The molecule has 4 heteroatoms. The summed E-state index contributed by atoms with van der Waals surface area (Å²) in [6.45, 7) is 0. The second-order valence-electron chi connectivity index (χ2n) is 5.97. The summed E-state index contributed by atoms with van der Waals surface area (Å²) in [5.41, 5.74) is 2.14. The van der Waals surface area contributed by atoms with Gasteiger partial charge >= 0.3 is 0 Å². The van der Waals surface area contributed by atoms with E-state index in [-0.39, 0.29) is 17.8 Å². The van der Waals surface area contributed by atoms with E-state index in [9.17, 15) is 9.18 Å². The highest BCUT2D eigenvalue weighted by Crippen LogP contribution is 2.28. The van der Waals surface area contributed by atoms with Gasteiger partial charge in [-0.1, -0.05) is 60.7 Å². The molecule has 0 heterocycles. The molecule has 0 aliphatic carbocycles. The molecule has 1 amide bonds. The molecular weight excluding hydrogens is 345 g/mol. The molecule has 26 heavy (non-hydrogen) atoms. The van der Waals surface area contributed by atoms with Gasteiger partial charge in [0.15, 0.2) is 0 Å². The first kappa shape index (κ1) is 18.2. The van der Waals surface area contributed by atoms with E-state index >= 15 is 0 Å². The standard InChI is InChI=1S/C22H20FNOS/c1-24(21(25)16-26-20-14-12-19(23)13-15-20)22(17-8-4-2-5-9-17)18-10-6-3-7-11-18/h2-15,22H,16H2,1H3. The first-order valence-corrected chi connectivity index (χ1v) is 9.37. The molecule has 3 aromatic rings. The number of carbonyl (C=O) groups excluding carboxylic acids is 1. The topological polar surface area (TPSA) is 20.3 Å². The van der Waals surface area contributed by atoms with Gasteiger partial charge in [0.05, 0.1) is 11.8 Å². The van der Waals surface area contributed by atoms with Gasteiger partial charge in [0, 0.05) is 11.9 Å². The minimum Gasteiger partial charge on any atom is -0.334 e. The Kier molecular flexibility index (Phi) is 6.08. The molecule has 0 atom stereocenters. The summed E-state index contributed by atoms with van der Waals surface area (Å²) in [7, 11) is 1.83. The van der Waals surface area contributed by atoms with Crippen LogP contribution in [0.4, 0.5) is 4.39 Å². The molecular formula is C22H20FNOS. The van der Waals surface area contributed by atoms with Gasteiger partial charge in [-0.25, -0.2) is 4.39 Å². The van der Waals surface area contributed by atoms with Gasteiger partial charge in [0.25, 0.3) is 0 Å². The molecule has 0 N–H and O–H groups in total. The molecule has 132 valence electrons. The molecule has 0 saturated carbocycles. The molecule has 0 bridgehead atoms. The monoisotopic (exact) mass is 365 g/mol. The highest BCUT2D eigenvalue weighted by Gasteiger charge is 2.23. The van der Waals surface area contributed by atoms with E-state index in [0.29, 0.717) is 5.75 Å². The van der Waals surface area contributed by atoms with E-state index in [2.05, 4.69) is 0 Å². The van der Waals surface area contributed by atoms with E-state index < -0.39 is 0 Å². The first-order chi connectivity index (χ1) is 12.6. The largest absolute Gasteiger partial charge is 0.334 e. The van der Waals surface area contributed by atoms with Gasteiger partial charge in [0.1, 0.15) is 5.82 Å². The van der Waals surface area contributed by atoms with Crippen molar-refractivity contribution in [3.05, 3.63) is 102 Å². The van der Waals surface area contributed by atoms with Crippen LogP contribution in [0.3, 0.4) is 0 Å². The lowest BCUT2D eigenvalue weighted by molar-refractivity contribution is -0.128. The van der Waals surface area contributed by atoms with Crippen molar-refractivity contribution in [1.82, 2.24) is 4.90 Å². The predicted molar refractivity (Wildman–Crippen MR) is 105 cm³/mol. The maximum Gasteiger partial charge on any atom is 0.233 e.